The van der Waals surface area contributed by atoms with Gasteiger partial charge in [-0.15, -0.1) is 11.3 Å². The first-order chi connectivity index (χ1) is 5.11. The molecule has 58 valence electrons. The molecule has 0 radical (unpaired) electrons. The highest BCUT2D eigenvalue weighted by Crippen LogP contribution is 2.15. The third-order valence-electron chi connectivity index (χ3n) is 1.04. The van der Waals surface area contributed by atoms with Crippen molar-refractivity contribution in [3.63, 3.8) is 0 Å². The Labute approximate surface area is 71.2 Å². The number of carboxylic acids is 1. The maximum Gasteiger partial charge on any atom is 0.345 e. The summed E-state index contributed by atoms with van der Waals surface area (Å²) in [6, 6.07) is 1.25. The molecule has 5 heteroatoms. The van der Waals surface area contributed by atoms with Gasteiger partial charge in [0.1, 0.15) is 4.88 Å². The minimum atomic E-state index is -1.04. The SMILES string of the molecule is O=C(Cl)c1csc(C(=O)O)c1. The Morgan fingerprint density at radius 1 is 1.55 bits per heavy atom. The molecular formula is C6H3ClO3S. The van der Waals surface area contributed by atoms with Crippen LogP contribution in [-0.2, 0) is 0 Å². The number of halogens is 1. The van der Waals surface area contributed by atoms with E-state index in [-0.39, 0.29) is 10.4 Å². The number of carboxylic acid groups (broad SMARTS) is 1. The van der Waals surface area contributed by atoms with Gasteiger partial charge in [-0.1, -0.05) is 0 Å². The molecule has 0 amide bonds. The van der Waals surface area contributed by atoms with Crippen LogP contribution in [-0.4, -0.2) is 16.3 Å². The van der Waals surface area contributed by atoms with Gasteiger partial charge in [0, 0.05) is 10.9 Å². The van der Waals surface area contributed by atoms with Crippen LogP contribution in [0.2, 0.25) is 0 Å². The van der Waals surface area contributed by atoms with E-state index in [1.54, 1.807) is 0 Å². The summed E-state index contributed by atoms with van der Waals surface area (Å²) in [4.78, 5) is 20.9. The van der Waals surface area contributed by atoms with Crippen LogP contribution in [0.25, 0.3) is 0 Å². The summed E-state index contributed by atoms with van der Waals surface area (Å²) in [6.45, 7) is 0. The fraction of sp³-hybridized carbons (Fsp3) is 0. The van der Waals surface area contributed by atoms with Crippen molar-refractivity contribution in [2.75, 3.05) is 0 Å². The van der Waals surface area contributed by atoms with Crippen LogP contribution in [0.1, 0.15) is 20.0 Å². The lowest BCUT2D eigenvalue weighted by molar-refractivity contribution is 0.0702. The molecule has 0 aliphatic heterocycles. The van der Waals surface area contributed by atoms with Crippen molar-refractivity contribution in [3.8, 4) is 0 Å². The number of hydrogen-bond acceptors (Lipinski definition) is 3. The number of aromatic carboxylic acids is 1. The Morgan fingerprint density at radius 3 is 2.45 bits per heavy atom. The van der Waals surface area contributed by atoms with Crippen LogP contribution in [0.4, 0.5) is 0 Å². The highest BCUT2D eigenvalue weighted by molar-refractivity contribution is 7.12. The van der Waals surface area contributed by atoms with E-state index in [4.69, 9.17) is 16.7 Å². The standard InChI is InChI=1S/C6H3ClO3S/c7-5(8)3-1-4(6(9)10)11-2-3/h1-2H,(H,9,10). The molecular weight excluding hydrogens is 188 g/mol. The van der Waals surface area contributed by atoms with Crippen molar-refractivity contribution >= 4 is 34.1 Å². The smallest absolute Gasteiger partial charge is 0.345 e. The van der Waals surface area contributed by atoms with E-state index < -0.39 is 11.2 Å². The van der Waals surface area contributed by atoms with Crippen molar-refractivity contribution in [3.05, 3.63) is 21.9 Å². The van der Waals surface area contributed by atoms with Gasteiger partial charge in [-0.25, -0.2) is 4.79 Å². The summed E-state index contributed by atoms with van der Waals surface area (Å²) >= 11 is 6.08. The Hall–Kier alpha value is -0.870. The van der Waals surface area contributed by atoms with E-state index in [1.807, 2.05) is 0 Å². The summed E-state index contributed by atoms with van der Waals surface area (Å²) in [5.41, 5.74) is 0.231. The minimum absolute atomic E-state index is 0.119. The molecule has 0 aromatic carbocycles. The molecule has 1 aromatic heterocycles. The molecule has 1 N–H and O–H groups in total. The van der Waals surface area contributed by atoms with Gasteiger partial charge in [0.25, 0.3) is 5.24 Å². The zero-order valence-electron chi connectivity index (χ0n) is 5.20. The lowest BCUT2D eigenvalue weighted by Crippen LogP contribution is -1.91. The average molecular weight is 191 g/mol. The van der Waals surface area contributed by atoms with Crippen molar-refractivity contribution in [2.24, 2.45) is 0 Å². The predicted octanol–water partition coefficient (Wildman–Crippen LogP) is 1.83. The Kier molecular flexibility index (Phi) is 2.26. The van der Waals surface area contributed by atoms with E-state index in [0.29, 0.717) is 0 Å². The zero-order valence-corrected chi connectivity index (χ0v) is 6.78. The summed E-state index contributed by atoms with van der Waals surface area (Å²) in [6.07, 6.45) is 0. The Balaban J connectivity index is 2.99. The molecule has 3 nitrogen and oxygen atoms in total. The maximum absolute atomic E-state index is 10.5. The first kappa shape index (κ1) is 8.23. The van der Waals surface area contributed by atoms with Gasteiger partial charge in [0.05, 0.1) is 0 Å². The molecule has 1 heterocycles. The highest BCUT2D eigenvalue weighted by Gasteiger charge is 2.09. The second-order valence-electron chi connectivity index (χ2n) is 1.78. The molecule has 1 aromatic rings. The lowest BCUT2D eigenvalue weighted by Gasteiger charge is -1.81. The van der Waals surface area contributed by atoms with E-state index in [0.717, 1.165) is 11.3 Å². The molecule has 0 bridgehead atoms. The molecule has 0 aliphatic rings. The Morgan fingerprint density at radius 2 is 2.18 bits per heavy atom. The molecule has 0 unspecified atom stereocenters. The average Bonchev–Trinajstić information content (AvgIpc) is 2.33. The van der Waals surface area contributed by atoms with Crippen LogP contribution in [0.15, 0.2) is 11.4 Å². The topological polar surface area (TPSA) is 54.4 Å². The first-order valence-electron chi connectivity index (χ1n) is 2.63. The molecule has 0 saturated carbocycles. The minimum Gasteiger partial charge on any atom is -0.477 e. The van der Waals surface area contributed by atoms with Gasteiger partial charge in [-0.3, -0.25) is 4.79 Å². The number of hydrogen-bond donors (Lipinski definition) is 1. The van der Waals surface area contributed by atoms with Crippen LogP contribution in [0, 0.1) is 0 Å². The van der Waals surface area contributed by atoms with Gasteiger partial charge in [-0.05, 0) is 17.7 Å². The van der Waals surface area contributed by atoms with Gasteiger partial charge in [0.2, 0.25) is 0 Å². The van der Waals surface area contributed by atoms with Crippen LogP contribution in [0.5, 0.6) is 0 Å². The molecule has 0 saturated heterocycles. The number of carbonyl (C=O) groups is 2. The van der Waals surface area contributed by atoms with E-state index in [2.05, 4.69) is 0 Å². The van der Waals surface area contributed by atoms with Crippen LogP contribution < -0.4 is 0 Å². The van der Waals surface area contributed by atoms with Gasteiger partial charge in [0.15, 0.2) is 0 Å². The van der Waals surface area contributed by atoms with Crippen LogP contribution in [0.3, 0.4) is 0 Å². The third kappa shape index (κ3) is 1.78. The molecule has 0 atom stereocenters. The van der Waals surface area contributed by atoms with Crippen molar-refractivity contribution in [1.82, 2.24) is 0 Å². The largest absolute Gasteiger partial charge is 0.477 e. The number of rotatable bonds is 2. The van der Waals surface area contributed by atoms with Crippen LogP contribution >= 0.6 is 22.9 Å². The van der Waals surface area contributed by atoms with E-state index in [9.17, 15) is 9.59 Å². The molecule has 0 spiro atoms. The monoisotopic (exact) mass is 190 g/mol. The second kappa shape index (κ2) is 3.02. The second-order valence-corrected chi connectivity index (χ2v) is 3.03. The normalized spacial score (nSPS) is 9.55. The quantitative estimate of drug-likeness (QED) is 0.724. The lowest BCUT2D eigenvalue weighted by atomic mass is 10.3. The van der Waals surface area contributed by atoms with Crippen molar-refractivity contribution < 1.29 is 14.7 Å². The van der Waals surface area contributed by atoms with Crippen molar-refractivity contribution in [1.29, 1.82) is 0 Å². The Bertz CT molecular complexity index is 276. The molecule has 11 heavy (non-hydrogen) atoms. The predicted molar refractivity (Wildman–Crippen MR) is 41.5 cm³/mol. The summed E-state index contributed by atoms with van der Waals surface area (Å²) in [5.74, 6) is -1.04. The van der Waals surface area contributed by atoms with Gasteiger partial charge in [-0.2, -0.15) is 0 Å². The molecule has 1 rings (SSSR count). The molecule has 0 fully saturated rings. The summed E-state index contributed by atoms with van der Waals surface area (Å²) in [7, 11) is 0. The molecule has 0 aliphatic carbocycles. The summed E-state index contributed by atoms with van der Waals surface area (Å²) in [5, 5.41) is 9.22. The first-order valence-corrected chi connectivity index (χ1v) is 3.88. The van der Waals surface area contributed by atoms with Gasteiger partial charge < -0.3 is 5.11 Å². The van der Waals surface area contributed by atoms with Crippen molar-refractivity contribution in [2.45, 2.75) is 0 Å². The maximum atomic E-state index is 10.5. The van der Waals surface area contributed by atoms with Gasteiger partial charge >= 0.3 is 5.97 Å². The highest BCUT2D eigenvalue weighted by atomic mass is 35.5. The number of thiophene rings is 1. The summed E-state index contributed by atoms with van der Waals surface area (Å²) < 4.78 is 0. The van der Waals surface area contributed by atoms with E-state index >= 15 is 0 Å². The fourth-order valence-corrected chi connectivity index (χ4v) is 1.45. The van der Waals surface area contributed by atoms with E-state index in [1.165, 1.54) is 11.4 Å². The number of carbonyl (C=O) groups excluding carboxylic acids is 1. The third-order valence-corrected chi connectivity index (χ3v) is 2.17. The fourth-order valence-electron chi connectivity index (χ4n) is 0.551. The zero-order chi connectivity index (χ0) is 8.43.